The molecule has 0 N–H and O–H groups in total. The number of Topliss-reactive ketones (excluding diaryl/α,β-unsaturated/α-hetero) is 1. The van der Waals surface area contributed by atoms with Gasteiger partial charge in [0.2, 0.25) is 5.78 Å². The summed E-state index contributed by atoms with van der Waals surface area (Å²) in [6.45, 7) is 4.03. The number of esters is 1. The molecule has 0 aliphatic rings. The Labute approximate surface area is 135 Å². The van der Waals surface area contributed by atoms with Crippen molar-refractivity contribution in [2.24, 2.45) is 7.05 Å². The van der Waals surface area contributed by atoms with Crippen LogP contribution in [-0.2, 0) is 23.1 Å². The predicted molar refractivity (Wildman–Crippen MR) is 86.7 cm³/mol. The van der Waals surface area contributed by atoms with Crippen molar-refractivity contribution in [3.8, 4) is 0 Å². The van der Waals surface area contributed by atoms with Crippen molar-refractivity contribution >= 4 is 11.8 Å². The third-order valence-corrected chi connectivity index (χ3v) is 3.91. The highest BCUT2D eigenvalue weighted by Gasteiger charge is 2.16. The molecule has 1 heterocycles. The van der Waals surface area contributed by atoms with Crippen molar-refractivity contribution in [2.45, 2.75) is 20.5 Å². The summed E-state index contributed by atoms with van der Waals surface area (Å²) in [5.74, 6) is -0.705. The van der Waals surface area contributed by atoms with E-state index in [-0.39, 0.29) is 12.4 Å². The molecule has 0 spiro atoms. The van der Waals surface area contributed by atoms with E-state index in [0.717, 1.165) is 17.0 Å². The first-order valence-electron chi connectivity index (χ1n) is 7.35. The predicted octanol–water partition coefficient (Wildman–Crippen LogP) is 2.83. The second-order valence-electron chi connectivity index (χ2n) is 5.47. The molecule has 0 saturated heterocycles. The third-order valence-electron chi connectivity index (χ3n) is 3.91. The molecule has 122 valence electrons. The van der Waals surface area contributed by atoms with Crippen LogP contribution in [-0.4, -0.2) is 30.0 Å². The second-order valence-corrected chi connectivity index (χ2v) is 5.47. The van der Waals surface area contributed by atoms with Crippen molar-refractivity contribution in [3.63, 3.8) is 0 Å². The third kappa shape index (κ3) is 3.87. The van der Waals surface area contributed by atoms with Gasteiger partial charge < -0.3 is 14.0 Å². The molecule has 23 heavy (non-hydrogen) atoms. The molecule has 2 aromatic rings. The zero-order valence-electron chi connectivity index (χ0n) is 13.9. The summed E-state index contributed by atoms with van der Waals surface area (Å²) in [6, 6.07) is 8.74. The Morgan fingerprint density at radius 3 is 2.30 bits per heavy atom. The lowest BCUT2D eigenvalue weighted by atomic mass is 10.1. The number of nitrogens with zero attached hydrogens (tertiary/aromatic N) is 1. The zero-order chi connectivity index (χ0) is 17.0. The highest BCUT2D eigenvalue weighted by atomic mass is 16.5. The SMILES string of the molecule is COCc1ccc(C(=O)OCC(=O)c2cc(C)n(C)c2C)cc1. The minimum Gasteiger partial charge on any atom is -0.454 e. The Kier molecular flexibility index (Phi) is 5.34. The van der Waals surface area contributed by atoms with E-state index in [9.17, 15) is 9.59 Å². The van der Waals surface area contributed by atoms with Crippen LogP contribution in [0.2, 0.25) is 0 Å². The summed E-state index contributed by atoms with van der Waals surface area (Å²) >= 11 is 0. The number of ketones is 1. The van der Waals surface area contributed by atoms with Gasteiger partial charge in [0, 0.05) is 31.1 Å². The second kappa shape index (κ2) is 7.24. The summed E-state index contributed by atoms with van der Waals surface area (Å²) in [7, 11) is 3.51. The molecule has 2 rings (SSSR count). The first-order chi connectivity index (χ1) is 10.9. The van der Waals surface area contributed by atoms with Crippen LogP contribution < -0.4 is 0 Å². The number of aryl methyl sites for hydroxylation is 1. The van der Waals surface area contributed by atoms with Gasteiger partial charge in [-0.25, -0.2) is 4.79 Å². The molecule has 0 radical (unpaired) electrons. The number of hydrogen-bond acceptors (Lipinski definition) is 4. The Balaban J connectivity index is 1.98. The number of hydrogen-bond donors (Lipinski definition) is 0. The van der Waals surface area contributed by atoms with Crippen LogP contribution in [0.3, 0.4) is 0 Å². The topological polar surface area (TPSA) is 57.5 Å². The van der Waals surface area contributed by atoms with E-state index in [1.165, 1.54) is 0 Å². The van der Waals surface area contributed by atoms with Crippen molar-refractivity contribution < 1.29 is 19.1 Å². The Hall–Kier alpha value is -2.40. The fourth-order valence-corrected chi connectivity index (χ4v) is 2.33. The molecule has 0 fully saturated rings. The molecule has 0 bridgehead atoms. The van der Waals surface area contributed by atoms with E-state index < -0.39 is 5.97 Å². The fraction of sp³-hybridized carbons (Fsp3) is 0.333. The maximum atomic E-state index is 12.2. The molecule has 0 saturated carbocycles. The lowest BCUT2D eigenvalue weighted by Gasteiger charge is -2.06. The standard InChI is InChI=1S/C18H21NO4/c1-12-9-16(13(2)19(12)3)17(20)11-23-18(21)15-7-5-14(6-8-15)10-22-4/h5-9H,10-11H2,1-4H3. The van der Waals surface area contributed by atoms with Gasteiger partial charge in [-0.2, -0.15) is 0 Å². The van der Waals surface area contributed by atoms with E-state index >= 15 is 0 Å². The summed E-state index contributed by atoms with van der Waals surface area (Å²) in [4.78, 5) is 24.2. The van der Waals surface area contributed by atoms with Crippen LogP contribution in [0.4, 0.5) is 0 Å². The first-order valence-corrected chi connectivity index (χ1v) is 7.35. The van der Waals surface area contributed by atoms with Crippen molar-refractivity contribution in [2.75, 3.05) is 13.7 Å². The van der Waals surface area contributed by atoms with E-state index in [0.29, 0.717) is 17.7 Å². The van der Waals surface area contributed by atoms with Crippen LogP contribution in [0.5, 0.6) is 0 Å². The van der Waals surface area contributed by atoms with Gasteiger partial charge in [-0.3, -0.25) is 4.79 Å². The van der Waals surface area contributed by atoms with Crippen LogP contribution >= 0.6 is 0 Å². The molecular formula is C18H21NO4. The van der Waals surface area contributed by atoms with Crippen LogP contribution in [0.25, 0.3) is 0 Å². The normalized spacial score (nSPS) is 10.6. The first kappa shape index (κ1) is 17.0. The Morgan fingerprint density at radius 1 is 1.13 bits per heavy atom. The number of methoxy groups -OCH3 is 1. The van der Waals surface area contributed by atoms with Crippen molar-refractivity contribution in [3.05, 3.63) is 58.4 Å². The van der Waals surface area contributed by atoms with Gasteiger partial charge >= 0.3 is 5.97 Å². The van der Waals surface area contributed by atoms with Gasteiger partial charge in [0.05, 0.1) is 12.2 Å². The van der Waals surface area contributed by atoms with Gasteiger partial charge in [0.15, 0.2) is 6.61 Å². The van der Waals surface area contributed by atoms with Crippen LogP contribution in [0.15, 0.2) is 30.3 Å². The minimum absolute atomic E-state index is 0.199. The number of carbonyl (C=O) groups is 2. The van der Waals surface area contributed by atoms with Gasteiger partial charge in [-0.15, -0.1) is 0 Å². The van der Waals surface area contributed by atoms with E-state index in [2.05, 4.69) is 0 Å². The highest BCUT2D eigenvalue weighted by molar-refractivity contribution is 6.00. The summed E-state index contributed by atoms with van der Waals surface area (Å²) in [5, 5.41) is 0. The van der Waals surface area contributed by atoms with Gasteiger partial charge in [0.1, 0.15) is 0 Å². The molecule has 0 aliphatic carbocycles. The monoisotopic (exact) mass is 315 g/mol. The van der Waals surface area contributed by atoms with Crippen molar-refractivity contribution in [1.82, 2.24) is 4.57 Å². The van der Waals surface area contributed by atoms with Crippen LogP contribution in [0, 0.1) is 13.8 Å². The van der Waals surface area contributed by atoms with Crippen molar-refractivity contribution in [1.29, 1.82) is 0 Å². The molecule has 0 atom stereocenters. The summed E-state index contributed by atoms with van der Waals surface area (Å²) < 4.78 is 12.1. The van der Waals surface area contributed by atoms with Gasteiger partial charge in [-0.05, 0) is 37.6 Å². The van der Waals surface area contributed by atoms with Gasteiger partial charge in [0.25, 0.3) is 0 Å². The van der Waals surface area contributed by atoms with Crippen LogP contribution in [0.1, 0.15) is 37.7 Å². The van der Waals surface area contributed by atoms with E-state index in [1.54, 1.807) is 31.4 Å². The quantitative estimate of drug-likeness (QED) is 0.607. The fourth-order valence-electron chi connectivity index (χ4n) is 2.33. The average molecular weight is 315 g/mol. The molecule has 0 amide bonds. The van der Waals surface area contributed by atoms with E-state index in [1.807, 2.05) is 31.5 Å². The zero-order valence-corrected chi connectivity index (χ0v) is 13.9. The number of ether oxygens (including phenoxy) is 2. The highest BCUT2D eigenvalue weighted by Crippen LogP contribution is 2.14. The summed E-state index contributed by atoms with van der Waals surface area (Å²) in [6.07, 6.45) is 0. The molecule has 0 aliphatic heterocycles. The number of benzene rings is 1. The largest absolute Gasteiger partial charge is 0.454 e. The van der Waals surface area contributed by atoms with Gasteiger partial charge in [-0.1, -0.05) is 12.1 Å². The number of rotatable bonds is 6. The number of carbonyl (C=O) groups excluding carboxylic acids is 2. The molecule has 5 nitrogen and oxygen atoms in total. The lowest BCUT2D eigenvalue weighted by Crippen LogP contribution is -2.15. The molecule has 0 unspecified atom stereocenters. The Bertz CT molecular complexity index is 713. The summed E-state index contributed by atoms with van der Waals surface area (Å²) in [5.41, 5.74) is 3.83. The number of aromatic nitrogens is 1. The Morgan fingerprint density at radius 2 is 1.78 bits per heavy atom. The lowest BCUT2D eigenvalue weighted by molar-refractivity contribution is 0.0474. The molecule has 1 aromatic carbocycles. The van der Waals surface area contributed by atoms with E-state index in [4.69, 9.17) is 9.47 Å². The molecule has 5 heteroatoms. The average Bonchev–Trinajstić information content (AvgIpc) is 2.81. The smallest absolute Gasteiger partial charge is 0.338 e. The maximum absolute atomic E-state index is 12.2. The molecular weight excluding hydrogens is 294 g/mol. The molecule has 1 aromatic heterocycles. The maximum Gasteiger partial charge on any atom is 0.338 e. The minimum atomic E-state index is -0.507.